The van der Waals surface area contributed by atoms with Crippen LogP contribution in [0.1, 0.15) is 24.1 Å². The number of anilines is 1. The Hall–Kier alpha value is -2.01. The van der Waals surface area contributed by atoms with Crippen LogP contribution in [0.25, 0.3) is 0 Å². The van der Waals surface area contributed by atoms with Gasteiger partial charge < -0.3 is 15.4 Å². The summed E-state index contributed by atoms with van der Waals surface area (Å²) >= 11 is 3.40. The molecule has 116 valence electrons. The summed E-state index contributed by atoms with van der Waals surface area (Å²) in [6.45, 7) is 3.91. The van der Waals surface area contributed by atoms with E-state index < -0.39 is 0 Å². The lowest BCUT2D eigenvalue weighted by Crippen LogP contribution is -2.31. The minimum absolute atomic E-state index is 0.0936. The number of methoxy groups -OCH3 is 1. The van der Waals surface area contributed by atoms with Crippen LogP contribution in [0, 0.1) is 6.92 Å². The van der Waals surface area contributed by atoms with Gasteiger partial charge in [0, 0.05) is 4.47 Å². The Morgan fingerprint density at radius 1 is 1.18 bits per heavy atom. The Labute approximate surface area is 139 Å². The molecule has 0 heterocycles. The number of ether oxygens (including phenoxy) is 1. The van der Waals surface area contributed by atoms with E-state index >= 15 is 0 Å². The van der Waals surface area contributed by atoms with Crippen LogP contribution in [0.4, 0.5) is 10.5 Å². The van der Waals surface area contributed by atoms with E-state index in [0.29, 0.717) is 11.4 Å². The molecule has 1 unspecified atom stereocenters. The molecule has 2 aromatic carbocycles. The minimum atomic E-state index is -0.265. The highest BCUT2D eigenvalue weighted by molar-refractivity contribution is 9.10. The molecule has 0 spiro atoms. The second-order valence-corrected chi connectivity index (χ2v) is 5.99. The number of urea groups is 1. The monoisotopic (exact) mass is 362 g/mol. The lowest BCUT2D eigenvalue weighted by Gasteiger charge is -2.16. The summed E-state index contributed by atoms with van der Waals surface area (Å²) in [5.74, 6) is 0.636. The van der Waals surface area contributed by atoms with Gasteiger partial charge in [0.15, 0.2) is 0 Å². The molecule has 0 radical (unpaired) electrons. The molecule has 2 rings (SSSR count). The molecule has 0 saturated heterocycles. The number of amides is 2. The highest BCUT2D eigenvalue weighted by Crippen LogP contribution is 2.25. The van der Waals surface area contributed by atoms with Crippen LogP contribution in [-0.2, 0) is 0 Å². The van der Waals surface area contributed by atoms with Crippen molar-refractivity contribution < 1.29 is 9.53 Å². The van der Waals surface area contributed by atoms with Crippen LogP contribution >= 0.6 is 15.9 Å². The number of hydrogen-bond acceptors (Lipinski definition) is 2. The van der Waals surface area contributed by atoms with Crippen LogP contribution in [-0.4, -0.2) is 13.1 Å². The molecule has 0 aliphatic heterocycles. The fourth-order valence-electron chi connectivity index (χ4n) is 2.11. The van der Waals surface area contributed by atoms with E-state index in [1.807, 2.05) is 56.3 Å². The molecule has 22 heavy (non-hydrogen) atoms. The molecule has 2 amide bonds. The first-order valence-electron chi connectivity index (χ1n) is 6.97. The van der Waals surface area contributed by atoms with Crippen LogP contribution in [0.15, 0.2) is 46.9 Å². The van der Waals surface area contributed by atoms with Gasteiger partial charge in [0.05, 0.1) is 18.8 Å². The molecule has 1 atom stereocenters. The Morgan fingerprint density at radius 2 is 1.86 bits per heavy atom. The summed E-state index contributed by atoms with van der Waals surface area (Å²) < 4.78 is 6.27. The third kappa shape index (κ3) is 4.24. The zero-order valence-corrected chi connectivity index (χ0v) is 14.4. The number of carbonyl (C=O) groups excluding carboxylic acids is 1. The predicted octanol–water partition coefficient (Wildman–Crippen LogP) is 4.65. The van der Waals surface area contributed by atoms with Gasteiger partial charge in [0.25, 0.3) is 0 Å². The van der Waals surface area contributed by atoms with Crippen LogP contribution in [0.2, 0.25) is 0 Å². The minimum Gasteiger partial charge on any atom is -0.495 e. The van der Waals surface area contributed by atoms with Crippen molar-refractivity contribution in [3.63, 3.8) is 0 Å². The predicted molar refractivity (Wildman–Crippen MR) is 92.4 cm³/mol. The number of carbonyl (C=O) groups is 1. The van der Waals surface area contributed by atoms with Gasteiger partial charge in [-0.2, -0.15) is 0 Å². The van der Waals surface area contributed by atoms with Crippen molar-refractivity contribution in [2.24, 2.45) is 0 Å². The second-order valence-electron chi connectivity index (χ2n) is 5.08. The number of benzene rings is 2. The second kappa shape index (κ2) is 7.31. The van der Waals surface area contributed by atoms with Gasteiger partial charge in [-0.05, 0) is 49.2 Å². The fraction of sp³-hybridized carbons (Fsp3) is 0.235. The molecule has 0 saturated carbocycles. The molecular formula is C17H19BrN2O2. The summed E-state index contributed by atoms with van der Waals surface area (Å²) in [7, 11) is 1.58. The van der Waals surface area contributed by atoms with E-state index in [2.05, 4.69) is 26.6 Å². The van der Waals surface area contributed by atoms with Gasteiger partial charge in [0.2, 0.25) is 0 Å². The molecule has 2 aromatic rings. The molecule has 0 aliphatic carbocycles. The summed E-state index contributed by atoms with van der Waals surface area (Å²) in [6.07, 6.45) is 0. The SMILES string of the molecule is COc1ccc(C)cc1NC(=O)NC(C)c1ccc(Br)cc1. The van der Waals surface area contributed by atoms with Crippen molar-refractivity contribution in [2.75, 3.05) is 12.4 Å². The quantitative estimate of drug-likeness (QED) is 0.831. The largest absolute Gasteiger partial charge is 0.495 e. The zero-order valence-electron chi connectivity index (χ0n) is 12.8. The van der Waals surface area contributed by atoms with Crippen molar-refractivity contribution in [1.82, 2.24) is 5.32 Å². The van der Waals surface area contributed by atoms with Crippen molar-refractivity contribution in [3.8, 4) is 5.75 Å². The molecule has 0 fully saturated rings. The van der Waals surface area contributed by atoms with E-state index in [4.69, 9.17) is 4.74 Å². The summed E-state index contributed by atoms with van der Waals surface area (Å²) in [4.78, 5) is 12.2. The lowest BCUT2D eigenvalue weighted by atomic mass is 10.1. The third-order valence-electron chi connectivity index (χ3n) is 3.32. The van der Waals surface area contributed by atoms with Crippen molar-refractivity contribution in [2.45, 2.75) is 19.9 Å². The summed E-state index contributed by atoms with van der Waals surface area (Å²) in [5.41, 5.74) is 2.75. The number of nitrogens with one attached hydrogen (secondary N) is 2. The molecule has 2 N–H and O–H groups in total. The Morgan fingerprint density at radius 3 is 2.50 bits per heavy atom. The maximum Gasteiger partial charge on any atom is 0.319 e. The molecule has 0 bridgehead atoms. The number of hydrogen-bond donors (Lipinski definition) is 2. The average molecular weight is 363 g/mol. The molecule has 0 aromatic heterocycles. The number of rotatable bonds is 4. The molecular weight excluding hydrogens is 344 g/mol. The van der Waals surface area contributed by atoms with Crippen LogP contribution in [0.5, 0.6) is 5.75 Å². The summed E-state index contributed by atoms with van der Waals surface area (Å²) in [6, 6.07) is 13.1. The lowest BCUT2D eigenvalue weighted by molar-refractivity contribution is 0.249. The topological polar surface area (TPSA) is 50.4 Å². The van der Waals surface area contributed by atoms with Gasteiger partial charge in [-0.25, -0.2) is 4.79 Å². The fourth-order valence-corrected chi connectivity index (χ4v) is 2.37. The first-order valence-corrected chi connectivity index (χ1v) is 7.76. The van der Waals surface area contributed by atoms with Gasteiger partial charge in [0.1, 0.15) is 5.75 Å². The van der Waals surface area contributed by atoms with Gasteiger partial charge in [-0.1, -0.05) is 34.1 Å². The van der Waals surface area contributed by atoms with E-state index in [0.717, 1.165) is 15.6 Å². The normalized spacial score (nSPS) is 11.6. The van der Waals surface area contributed by atoms with Gasteiger partial charge in [-0.15, -0.1) is 0 Å². The van der Waals surface area contributed by atoms with Crippen molar-refractivity contribution >= 4 is 27.6 Å². The van der Waals surface area contributed by atoms with E-state index in [9.17, 15) is 4.79 Å². The molecule has 5 heteroatoms. The third-order valence-corrected chi connectivity index (χ3v) is 3.85. The standard InChI is InChI=1S/C17H19BrN2O2/c1-11-4-9-16(22-3)15(10-11)20-17(21)19-12(2)13-5-7-14(18)8-6-13/h4-10,12H,1-3H3,(H2,19,20,21). The number of halogens is 1. The maximum atomic E-state index is 12.2. The van der Waals surface area contributed by atoms with Crippen molar-refractivity contribution in [1.29, 1.82) is 0 Å². The van der Waals surface area contributed by atoms with Crippen LogP contribution < -0.4 is 15.4 Å². The number of aryl methyl sites for hydroxylation is 1. The van der Waals surface area contributed by atoms with E-state index in [1.165, 1.54) is 0 Å². The highest BCUT2D eigenvalue weighted by Gasteiger charge is 2.11. The van der Waals surface area contributed by atoms with Crippen molar-refractivity contribution in [3.05, 3.63) is 58.1 Å². The molecule has 0 aliphatic rings. The van der Waals surface area contributed by atoms with Gasteiger partial charge >= 0.3 is 6.03 Å². The molecule has 4 nitrogen and oxygen atoms in total. The van der Waals surface area contributed by atoms with E-state index in [-0.39, 0.29) is 12.1 Å². The zero-order chi connectivity index (χ0) is 16.1. The van der Waals surface area contributed by atoms with Crippen LogP contribution in [0.3, 0.4) is 0 Å². The highest BCUT2D eigenvalue weighted by atomic mass is 79.9. The Bertz CT molecular complexity index is 656. The van der Waals surface area contributed by atoms with Gasteiger partial charge in [-0.3, -0.25) is 0 Å². The average Bonchev–Trinajstić information content (AvgIpc) is 2.48. The smallest absolute Gasteiger partial charge is 0.319 e. The van der Waals surface area contributed by atoms with E-state index in [1.54, 1.807) is 7.11 Å². The first-order chi connectivity index (χ1) is 10.5. The Balaban J connectivity index is 2.03. The maximum absolute atomic E-state index is 12.2. The first kappa shape index (κ1) is 16.4. The summed E-state index contributed by atoms with van der Waals surface area (Å²) in [5, 5.41) is 5.74. The Kier molecular flexibility index (Phi) is 5.44.